The Hall–Kier alpha value is -1.28. The highest BCUT2D eigenvalue weighted by atomic mass is 16.7. The van der Waals surface area contributed by atoms with E-state index in [1.807, 2.05) is 44.4 Å². The van der Waals surface area contributed by atoms with Crippen LogP contribution < -0.4 is 0 Å². The van der Waals surface area contributed by atoms with Gasteiger partial charge in [-0.3, -0.25) is 0 Å². The largest absolute Gasteiger partial charge is 0.407 e. The Morgan fingerprint density at radius 2 is 1.83 bits per heavy atom. The number of hydrogen-bond donors (Lipinski definition) is 0. The summed E-state index contributed by atoms with van der Waals surface area (Å²) >= 11 is 0. The molecule has 0 saturated carbocycles. The van der Waals surface area contributed by atoms with Crippen LogP contribution in [-0.4, -0.2) is 19.2 Å². The van der Waals surface area contributed by atoms with Gasteiger partial charge in [-0.1, -0.05) is 36.9 Å². The molecule has 0 aliphatic carbocycles. The van der Waals surface area contributed by atoms with E-state index < -0.39 is 0 Å². The molecule has 1 aromatic carbocycles. The van der Waals surface area contributed by atoms with Gasteiger partial charge in [-0.15, -0.1) is 0 Å². The lowest BCUT2D eigenvalue weighted by atomic mass is 10.2. The third-order valence-corrected chi connectivity index (χ3v) is 1.39. The van der Waals surface area contributed by atoms with Gasteiger partial charge in [0.1, 0.15) is 5.76 Å². The van der Waals surface area contributed by atoms with Crippen LogP contribution in [0.15, 0.2) is 36.9 Å². The SMILES string of the molecule is C=C(ON(C)C)c1ccccc1. The molecule has 1 rings (SSSR count). The first-order valence-electron chi connectivity index (χ1n) is 3.80. The van der Waals surface area contributed by atoms with Gasteiger partial charge in [0.2, 0.25) is 0 Å². The lowest BCUT2D eigenvalue weighted by molar-refractivity contribution is -0.0353. The summed E-state index contributed by atoms with van der Waals surface area (Å²) in [7, 11) is 3.66. The number of benzene rings is 1. The Morgan fingerprint density at radius 1 is 1.25 bits per heavy atom. The van der Waals surface area contributed by atoms with E-state index in [1.54, 1.807) is 5.06 Å². The molecule has 64 valence electrons. The monoisotopic (exact) mass is 163 g/mol. The molecular formula is C10H13NO. The minimum absolute atomic E-state index is 0.667. The molecule has 12 heavy (non-hydrogen) atoms. The summed E-state index contributed by atoms with van der Waals surface area (Å²) in [4.78, 5) is 5.28. The van der Waals surface area contributed by atoms with Gasteiger partial charge in [0.25, 0.3) is 0 Å². The highest BCUT2D eigenvalue weighted by Gasteiger charge is 1.98. The van der Waals surface area contributed by atoms with Crippen LogP contribution in [0.4, 0.5) is 0 Å². The van der Waals surface area contributed by atoms with E-state index in [2.05, 4.69) is 6.58 Å². The minimum atomic E-state index is 0.667. The van der Waals surface area contributed by atoms with E-state index in [9.17, 15) is 0 Å². The Balaban J connectivity index is 2.66. The zero-order chi connectivity index (χ0) is 8.97. The molecule has 0 amide bonds. The van der Waals surface area contributed by atoms with Gasteiger partial charge >= 0.3 is 0 Å². The van der Waals surface area contributed by atoms with Crippen molar-refractivity contribution in [3.05, 3.63) is 42.5 Å². The molecule has 0 aliphatic heterocycles. The topological polar surface area (TPSA) is 12.5 Å². The molecule has 0 bridgehead atoms. The Kier molecular flexibility index (Phi) is 2.88. The van der Waals surface area contributed by atoms with E-state index in [0.717, 1.165) is 5.56 Å². The number of nitrogens with zero attached hydrogens (tertiary/aromatic N) is 1. The second kappa shape index (κ2) is 3.93. The van der Waals surface area contributed by atoms with Gasteiger partial charge in [-0.05, 0) is 0 Å². The average Bonchev–Trinajstić information content (AvgIpc) is 2.05. The average molecular weight is 163 g/mol. The summed E-state index contributed by atoms with van der Waals surface area (Å²) in [6, 6.07) is 9.81. The van der Waals surface area contributed by atoms with E-state index in [1.165, 1.54) is 0 Å². The van der Waals surface area contributed by atoms with E-state index >= 15 is 0 Å². The molecule has 0 aliphatic rings. The lowest BCUT2D eigenvalue weighted by Crippen LogP contribution is -2.10. The fourth-order valence-electron chi connectivity index (χ4n) is 0.897. The summed E-state index contributed by atoms with van der Waals surface area (Å²) in [5.74, 6) is 0.667. The van der Waals surface area contributed by atoms with Crippen LogP contribution in [0, 0.1) is 0 Å². The van der Waals surface area contributed by atoms with Gasteiger partial charge < -0.3 is 4.84 Å². The number of rotatable bonds is 3. The molecule has 2 nitrogen and oxygen atoms in total. The van der Waals surface area contributed by atoms with Gasteiger partial charge in [0.05, 0.1) is 0 Å². The quantitative estimate of drug-likeness (QED) is 0.500. The van der Waals surface area contributed by atoms with Crippen LogP contribution in [-0.2, 0) is 4.84 Å². The van der Waals surface area contributed by atoms with Crippen molar-refractivity contribution in [2.45, 2.75) is 0 Å². The molecular weight excluding hydrogens is 150 g/mol. The van der Waals surface area contributed by atoms with Crippen molar-refractivity contribution >= 4 is 5.76 Å². The number of hydrogen-bond acceptors (Lipinski definition) is 2. The van der Waals surface area contributed by atoms with Crippen LogP contribution in [0.25, 0.3) is 5.76 Å². The summed E-state index contributed by atoms with van der Waals surface area (Å²) in [6.07, 6.45) is 0. The lowest BCUT2D eigenvalue weighted by Gasteiger charge is -2.13. The maximum Gasteiger partial charge on any atom is 0.147 e. The summed E-state index contributed by atoms with van der Waals surface area (Å²) in [5, 5.41) is 1.62. The smallest absolute Gasteiger partial charge is 0.147 e. The van der Waals surface area contributed by atoms with Crippen LogP contribution >= 0.6 is 0 Å². The third kappa shape index (κ3) is 2.40. The maximum atomic E-state index is 5.28. The molecule has 0 saturated heterocycles. The van der Waals surface area contributed by atoms with Crippen LogP contribution in [0.5, 0.6) is 0 Å². The highest BCUT2D eigenvalue weighted by molar-refractivity contribution is 5.56. The second-order valence-corrected chi connectivity index (χ2v) is 2.69. The van der Waals surface area contributed by atoms with Gasteiger partial charge in [0, 0.05) is 19.7 Å². The molecule has 0 atom stereocenters. The zero-order valence-electron chi connectivity index (χ0n) is 7.45. The molecule has 0 N–H and O–H groups in total. The fourth-order valence-corrected chi connectivity index (χ4v) is 0.897. The first kappa shape index (κ1) is 8.81. The van der Waals surface area contributed by atoms with Gasteiger partial charge in [-0.2, -0.15) is 5.06 Å². The van der Waals surface area contributed by atoms with Crippen molar-refractivity contribution in [1.29, 1.82) is 0 Å². The van der Waals surface area contributed by atoms with Crippen LogP contribution in [0.2, 0.25) is 0 Å². The normalized spacial score (nSPS) is 9.92. The molecule has 1 aromatic rings. The molecule has 0 radical (unpaired) electrons. The second-order valence-electron chi connectivity index (χ2n) is 2.69. The third-order valence-electron chi connectivity index (χ3n) is 1.39. The van der Waals surface area contributed by atoms with Crippen molar-refractivity contribution in [1.82, 2.24) is 5.06 Å². The van der Waals surface area contributed by atoms with Gasteiger partial charge in [0.15, 0.2) is 0 Å². The van der Waals surface area contributed by atoms with E-state index in [4.69, 9.17) is 4.84 Å². The van der Waals surface area contributed by atoms with E-state index in [-0.39, 0.29) is 0 Å². The number of hydroxylamine groups is 2. The van der Waals surface area contributed by atoms with Crippen molar-refractivity contribution < 1.29 is 4.84 Å². The van der Waals surface area contributed by atoms with Crippen LogP contribution in [0.3, 0.4) is 0 Å². The molecule has 0 unspecified atom stereocenters. The summed E-state index contributed by atoms with van der Waals surface area (Å²) in [5.41, 5.74) is 1.01. The first-order chi connectivity index (χ1) is 5.70. The van der Waals surface area contributed by atoms with E-state index in [0.29, 0.717) is 5.76 Å². The maximum absolute atomic E-state index is 5.28. The molecule has 0 heterocycles. The molecule has 0 aromatic heterocycles. The predicted molar refractivity (Wildman–Crippen MR) is 50.2 cm³/mol. The fraction of sp³-hybridized carbons (Fsp3) is 0.200. The Morgan fingerprint density at radius 3 is 2.33 bits per heavy atom. The van der Waals surface area contributed by atoms with Crippen molar-refractivity contribution in [2.75, 3.05) is 14.1 Å². The Bertz CT molecular complexity index is 254. The molecule has 2 heteroatoms. The molecule has 0 spiro atoms. The standard InChI is InChI=1S/C10H13NO/c1-9(12-11(2)3)10-7-5-4-6-8-10/h4-8H,1H2,2-3H3. The zero-order valence-corrected chi connectivity index (χ0v) is 7.45. The van der Waals surface area contributed by atoms with Crippen LogP contribution in [0.1, 0.15) is 5.56 Å². The first-order valence-corrected chi connectivity index (χ1v) is 3.80. The van der Waals surface area contributed by atoms with Crippen molar-refractivity contribution in [3.8, 4) is 0 Å². The molecule has 0 fully saturated rings. The summed E-state index contributed by atoms with van der Waals surface area (Å²) in [6.45, 7) is 3.80. The van der Waals surface area contributed by atoms with Crippen molar-refractivity contribution in [3.63, 3.8) is 0 Å². The van der Waals surface area contributed by atoms with Crippen molar-refractivity contribution in [2.24, 2.45) is 0 Å². The van der Waals surface area contributed by atoms with Gasteiger partial charge in [-0.25, -0.2) is 0 Å². The summed E-state index contributed by atoms with van der Waals surface area (Å²) < 4.78 is 0. The Labute approximate surface area is 73.0 Å². The predicted octanol–water partition coefficient (Wildman–Crippen LogP) is 2.15. The highest BCUT2D eigenvalue weighted by Crippen LogP contribution is 2.12. The minimum Gasteiger partial charge on any atom is -0.407 e.